The standard InChI is InChI=1S/C17H25ClN6O2/c1-5-23(11-7-10-19-16(25)26-17(2,3)4)15-20-22-24(21-15)14-9-6-8-13(18)12-14/h6,8-9,12H,5,7,10-11H2,1-4H3,(H,19,25). The van der Waals surface area contributed by atoms with Crippen molar-refractivity contribution >= 4 is 23.6 Å². The predicted molar refractivity (Wildman–Crippen MR) is 101 cm³/mol. The molecule has 0 unspecified atom stereocenters. The molecule has 1 aromatic carbocycles. The number of aromatic nitrogens is 4. The summed E-state index contributed by atoms with van der Waals surface area (Å²) in [7, 11) is 0. The van der Waals surface area contributed by atoms with Gasteiger partial charge in [0.25, 0.3) is 5.95 Å². The highest BCUT2D eigenvalue weighted by Crippen LogP contribution is 2.14. The molecular weight excluding hydrogens is 356 g/mol. The Kier molecular flexibility index (Phi) is 6.79. The van der Waals surface area contributed by atoms with E-state index in [4.69, 9.17) is 16.3 Å². The number of nitrogens with zero attached hydrogens (tertiary/aromatic N) is 5. The lowest BCUT2D eigenvalue weighted by Gasteiger charge is -2.21. The van der Waals surface area contributed by atoms with Crippen molar-refractivity contribution in [1.29, 1.82) is 0 Å². The molecule has 26 heavy (non-hydrogen) atoms. The van der Waals surface area contributed by atoms with Crippen molar-refractivity contribution in [3.63, 3.8) is 0 Å². The Morgan fingerprint density at radius 3 is 2.81 bits per heavy atom. The van der Waals surface area contributed by atoms with E-state index in [0.29, 0.717) is 24.1 Å². The van der Waals surface area contributed by atoms with Crippen LogP contribution in [0.2, 0.25) is 5.02 Å². The number of hydrogen-bond acceptors (Lipinski definition) is 6. The molecule has 0 aliphatic heterocycles. The number of hydrogen-bond donors (Lipinski definition) is 1. The average Bonchev–Trinajstić information content (AvgIpc) is 3.03. The third kappa shape index (κ3) is 6.18. The quantitative estimate of drug-likeness (QED) is 0.743. The van der Waals surface area contributed by atoms with E-state index in [-0.39, 0.29) is 0 Å². The number of amides is 1. The predicted octanol–water partition coefficient (Wildman–Crippen LogP) is 3.06. The smallest absolute Gasteiger partial charge is 0.407 e. The summed E-state index contributed by atoms with van der Waals surface area (Å²) in [6.07, 6.45) is 0.323. The maximum Gasteiger partial charge on any atom is 0.407 e. The molecular formula is C17H25ClN6O2. The molecule has 1 amide bonds. The molecule has 0 atom stereocenters. The third-order valence-corrected chi connectivity index (χ3v) is 3.61. The molecule has 0 spiro atoms. The molecule has 0 fully saturated rings. The molecule has 1 N–H and O–H groups in total. The number of alkyl carbamates (subject to hydrolysis) is 1. The van der Waals surface area contributed by atoms with E-state index in [1.807, 2.05) is 44.7 Å². The highest BCUT2D eigenvalue weighted by Gasteiger charge is 2.16. The first-order chi connectivity index (χ1) is 12.3. The number of carbonyl (C=O) groups is 1. The number of carbonyl (C=O) groups excluding carboxylic acids is 1. The van der Waals surface area contributed by atoms with E-state index in [1.165, 1.54) is 4.80 Å². The first kappa shape index (κ1) is 20.0. The first-order valence-corrected chi connectivity index (χ1v) is 8.94. The van der Waals surface area contributed by atoms with E-state index in [1.54, 1.807) is 12.1 Å². The molecule has 2 aromatic rings. The van der Waals surface area contributed by atoms with Gasteiger partial charge in [-0.15, -0.1) is 9.90 Å². The van der Waals surface area contributed by atoms with Crippen LogP contribution in [0, 0.1) is 0 Å². The molecule has 1 aromatic heterocycles. The molecule has 9 heteroatoms. The fourth-order valence-electron chi connectivity index (χ4n) is 2.22. The lowest BCUT2D eigenvalue weighted by molar-refractivity contribution is 0.0527. The number of nitrogens with one attached hydrogen (secondary N) is 1. The summed E-state index contributed by atoms with van der Waals surface area (Å²) in [5, 5.41) is 15.9. The minimum Gasteiger partial charge on any atom is -0.444 e. The van der Waals surface area contributed by atoms with Crippen LogP contribution in [0.15, 0.2) is 24.3 Å². The monoisotopic (exact) mass is 380 g/mol. The largest absolute Gasteiger partial charge is 0.444 e. The van der Waals surface area contributed by atoms with Gasteiger partial charge >= 0.3 is 6.09 Å². The van der Waals surface area contributed by atoms with Crippen LogP contribution >= 0.6 is 11.6 Å². The highest BCUT2D eigenvalue weighted by atomic mass is 35.5. The van der Waals surface area contributed by atoms with Crippen molar-refractivity contribution in [2.45, 2.75) is 39.7 Å². The van der Waals surface area contributed by atoms with Gasteiger partial charge in [-0.2, -0.15) is 0 Å². The van der Waals surface area contributed by atoms with Crippen LogP contribution in [0.3, 0.4) is 0 Å². The van der Waals surface area contributed by atoms with Gasteiger partial charge in [-0.05, 0) is 57.5 Å². The molecule has 2 rings (SSSR count). The van der Waals surface area contributed by atoms with Gasteiger partial charge in [0.15, 0.2) is 0 Å². The molecule has 0 bridgehead atoms. The minimum atomic E-state index is -0.498. The molecule has 0 radical (unpaired) electrons. The highest BCUT2D eigenvalue weighted by molar-refractivity contribution is 6.30. The zero-order chi connectivity index (χ0) is 19.2. The molecule has 0 saturated carbocycles. The van der Waals surface area contributed by atoms with Gasteiger partial charge in [0.1, 0.15) is 5.60 Å². The Morgan fingerprint density at radius 2 is 2.15 bits per heavy atom. The van der Waals surface area contributed by atoms with Gasteiger partial charge in [-0.3, -0.25) is 0 Å². The number of tetrazole rings is 1. The summed E-state index contributed by atoms with van der Waals surface area (Å²) in [4.78, 5) is 15.1. The van der Waals surface area contributed by atoms with Crippen molar-refractivity contribution in [2.24, 2.45) is 0 Å². The Labute approximate surface area is 158 Å². The second-order valence-corrected chi connectivity index (χ2v) is 7.16. The maximum atomic E-state index is 11.6. The molecule has 0 aliphatic carbocycles. The van der Waals surface area contributed by atoms with Gasteiger partial charge in [0, 0.05) is 24.7 Å². The third-order valence-electron chi connectivity index (χ3n) is 3.38. The van der Waals surface area contributed by atoms with E-state index in [9.17, 15) is 4.79 Å². The molecule has 8 nitrogen and oxygen atoms in total. The molecule has 142 valence electrons. The summed E-state index contributed by atoms with van der Waals surface area (Å²) >= 11 is 6.00. The van der Waals surface area contributed by atoms with Gasteiger partial charge in [0.2, 0.25) is 0 Å². The lowest BCUT2D eigenvalue weighted by Crippen LogP contribution is -2.34. The Hall–Kier alpha value is -2.35. The zero-order valence-corrected chi connectivity index (χ0v) is 16.3. The van der Waals surface area contributed by atoms with Crippen LogP contribution in [0.5, 0.6) is 0 Å². The lowest BCUT2D eigenvalue weighted by atomic mass is 10.2. The van der Waals surface area contributed by atoms with Crippen LogP contribution in [-0.4, -0.2) is 51.5 Å². The number of benzene rings is 1. The van der Waals surface area contributed by atoms with E-state index < -0.39 is 11.7 Å². The number of anilines is 1. The van der Waals surface area contributed by atoms with Gasteiger partial charge in [-0.25, -0.2) is 4.79 Å². The fourth-order valence-corrected chi connectivity index (χ4v) is 2.40. The van der Waals surface area contributed by atoms with Gasteiger partial charge < -0.3 is 15.0 Å². The van der Waals surface area contributed by atoms with Crippen LogP contribution in [0.25, 0.3) is 5.69 Å². The second-order valence-electron chi connectivity index (χ2n) is 6.72. The molecule has 1 heterocycles. The Bertz CT molecular complexity index is 728. The maximum absolute atomic E-state index is 11.6. The summed E-state index contributed by atoms with van der Waals surface area (Å²) < 4.78 is 5.21. The summed E-state index contributed by atoms with van der Waals surface area (Å²) in [6, 6.07) is 7.26. The van der Waals surface area contributed by atoms with Crippen LogP contribution < -0.4 is 10.2 Å². The summed E-state index contributed by atoms with van der Waals surface area (Å²) in [5.41, 5.74) is 0.251. The van der Waals surface area contributed by atoms with Crippen LogP contribution in [-0.2, 0) is 4.74 Å². The molecule has 0 aliphatic rings. The fraction of sp³-hybridized carbons (Fsp3) is 0.529. The Balaban J connectivity index is 1.86. The zero-order valence-electron chi connectivity index (χ0n) is 15.6. The van der Waals surface area contributed by atoms with Crippen molar-refractivity contribution in [1.82, 2.24) is 25.5 Å². The van der Waals surface area contributed by atoms with Crippen LogP contribution in [0.4, 0.5) is 10.7 Å². The van der Waals surface area contributed by atoms with E-state index in [2.05, 4.69) is 20.7 Å². The summed E-state index contributed by atoms with van der Waals surface area (Å²) in [5.74, 6) is 0.532. The van der Waals surface area contributed by atoms with Crippen molar-refractivity contribution in [3.8, 4) is 5.69 Å². The van der Waals surface area contributed by atoms with Crippen molar-refractivity contribution in [3.05, 3.63) is 29.3 Å². The average molecular weight is 381 g/mol. The SMILES string of the molecule is CCN(CCCNC(=O)OC(C)(C)C)c1nnn(-c2cccc(Cl)c2)n1. The first-order valence-electron chi connectivity index (χ1n) is 8.56. The number of rotatable bonds is 7. The Morgan fingerprint density at radius 1 is 1.38 bits per heavy atom. The van der Waals surface area contributed by atoms with E-state index in [0.717, 1.165) is 18.7 Å². The van der Waals surface area contributed by atoms with Crippen molar-refractivity contribution in [2.75, 3.05) is 24.5 Å². The van der Waals surface area contributed by atoms with Crippen molar-refractivity contribution < 1.29 is 9.53 Å². The normalized spacial score (nSPS) is 11.3. The molecule has 0 saturated heterocycles. The van der Waals surface area contributed by atoms with Gasteiger partial charge in [0.05, 0.1) is 5.69 Å². The van der Waals surface area contributed by atoms with E-state index >= 15 is 0 Å². The minimum absolute atomic E-state index is 0.412. The second kappa shape index (κ2) is 8.84. The number of halogens is 1. The topological polar surface area (TPSA) is 85.2 Å². The summed E-state index contributed by atoms with van der Waals surface area (Å²) in [6.45, 7) is 9.44. The number of ether oxygens (including phenoxy) is 1. The van der Waals surface area contributed by atoms with Gasteiger partial charge in [-0.1, -0.05) is 22.8 Å². The van der Waals surface area contributed by atoms with Crippen LogP contribution in [0.1, 0.15) is 34.1 Å².